The normalized spacial score (nSPS) is 19.6. The molecule has 1 aromatic heterocycles. The smallest absolute Gasteiger partial charge is 0.311 e. The lowest BCUT2D eigenvalue weighted by Gasteiger charge is -2.35. The minimum Gasteiger partial charge on any atom is -0.373 e. The van der Waals surface area contributed by atoms with E-state index in [1.165, 1.54) is 25.5 Å². The maximum absolute atomic E-state index is 11.2. The van der Waals surface area contributed by atoms with E-state index in [1.807, 2.05) is 4.90 Å². The van der Waals surface area contributed by atoms with Crippen LogP contribution in [0.4, 0.5) is 17.3 Å². The molecule has 1 saturated carbocycles. The van der Waals surface area contributed by atoms with Crippen LogP contribution in [-0.2, 0) is 0 Å². The monoisotopic (exact) mass is 291 g/mol. The number of aromatic nitrogens is 1. The summed E-state index contributed by atoms with van der Waals surface area (Å²) >= 11 is 0. The highest BCUT2D eigenvalue weighted by molar-refractivity contribution is 5.62. The molecule has 0 atom stereocenters. The Morgan fingerprint density at radius 3 is 2.62 bits per heavy atom. The van der Waals surface area contributed by atoms with Gasteiger partial charge in [0.1, 0.15) is 5.82 Å². The van der Waals surface area contributed by atoms with Gasteiger partial charge in [-0.1, -0.05) is 0 Å². The molecule has 21 heavy (non-hydrogen) atoms. The Hall–Kier alpha value is -1.89. The molecule has 1 aromatic rings. The average Bonchev–Trinajstić information content (AvgIpc) is 3.31. The largest absolute Gasteiger partial charge is 0.373 e. The quantitative estimate of drug-likeness (QED) is 0.655. The summed E-state index contributed by atoms with van der Waals surface area (Å²) in [5.41, 5.74) is 0.0876. The van der Waals surface area contributed by atoms with E-state index in [4.69, 9.17) is 0 Å². The molecule has 2 fully saturated rings. The topological polar surface area (TPSA) is 74.5 Å². The lowest BCUT2D eigenvalue weighted by Crippen LogP contribution is -2.47. The van der Waals surface area contributed by atoms with Crippen molar-refractivity contribution in [3.8, 4) is 0 Å². The van der Waals surface area contributed by atoms with Gasteiger partial charge in [-0.15, -0.1) is 0 Å². The fraction of sp³-hybridized carbons (Fsp3) is 0.643. The van der Waals surface area contributed by atoms with E-state index in [-0.39, 0.29) is 10.6 Å². The van der Waals surface area contributed by atoms with Gasteiger partial charge in [-0.25, -0.2) is 4.98 Å². The molecular weight excluding hydrogens is 270 g/mol. The van der Waals surface area contributed by atoms with Gasteiger partial charge < -0.3 is 10.2 Å². The molecule has 7 nitrogen and oxygen atoms in total. The Labute approximate surface area is 124 Å². The summed E-state index contributed by atoms with van der Waals surface area (Å²) < 4.78 is 0. The number of nitrogens with one attached hydrogen (secondary N) is 1. The molecule has 0 spiro atoms. The Balaban J connectivity index is 1.72. The first kappa shape index (κ1) is 14.1. The van der Waals surface area contributed by atoms with Gasteiger partial charge in [0.15, 0.2) is 0 Å². The number of rotatable bonds is 5. The van der Waals surface area contributed by atoms with Crippen molar-refractivity contribution in [3.63, 3.8) is 0 Å². The number of anilines is 2. The molecule has 3 rings (SSSR count). The molecule has 1 aliphatic heterocycles. The van der Waals surface area contributed by atoms with E-state index >= 15 is 0 Å². The summed E-state index contributed by atoms with van der Waals surface area (Å²) in [6.45, 7) is 4.69. The van der Waals surface area contributed by atoms with Gasteiger partial charge in [-0.2, -0.15) is 0 Å². The maximum atomic E-state index is 11.2. The van der Waals surface area contributed by atoms with Crippen molar-refractivity contribution in [1.82, 2.24) is 9.88 Å². The fourth-order valence-corrected chi connectivity index (χ4v) is 2.76. The Morgan fingerprint density at radius 1 is 1.33 bits per heavy atom. The first-order valence-corrected chi connectivity index (χ1v) is 7.48. The van der Waals surface area contributed by atoms with Crippen molar-refractivity contribution in [2.45, 2.75) is 12.8 Å². The van der Waals surface area contributed by atoms with Crippen molar-refractivity contribution < 1.29 is 4.92 Å². The summed E-state index contributed by atoms with van der Waals surface area (Å²) in [6, 6.07) is 3.18. The van der Waals surface area contributed by atoms with Crippen molar-refractivity contribution in [3.05, 3.63) is 22.2 Å². The standard InChI is InChI=1S/C14H21N5O2/c1-15-13-5-4-12(19(20)21)14(16-13)18-8-6-17(7-9-18)10-11-2-3-11/h4-5,11H,2-3,6-10H2,1H3,(H,15,16). The summed E-state index contributed by atoms with van der Waals surface area (Å²) in [5.74, 6) is 2.03. The van der Waals surface area contributed by atoms with Crippen molar-refractivity contribution in [1.29, 1.82) is 0 Å². The van der Waals surface area contributed by atoms with E-state index in [9.17, 15) is 10.1 Å². The van der Waals surface area contributed by atoms with Crippen LogP contribution >= 0.6 is 0 Å². The molecule has 2 heterocycles. The van der Waals surface area contributed by atoms with E-state index in [1.54, 1.807) is 13.1 Å². The van der Waals surface area contributed by atoms with Crippen LogP contribution in [0.25, 0.3) is 0 Å². The first-order valence-electron chi connectivity index (χ1n) is 7.48. The van der Waals surface area contributed by atoms with Crippen molar-refractivity contribution in [2.24, 2.45) is 5.92 Å². The fourth-order valence-electron chi connectivity index (χ4n) is 2.76. The van der Waals surface area contributed by atoms with E-state index in [2.05, 4.69) is 15.2 Å². The molecule has 0 unspecified atom stereocenters. The van der Waals surface area contributed by atoms with Crippen LogP contribution in [0.15, 0.2) is 12.1 Å². The molecule has 0 aromatic carbocycles. The van der Waals surface area contributed by atoms with Crippen LogP contribution in [0.2, 0.25) is 0 Å². The minimum absolute atomic E-state index is 0.0876. The van der Waals surface area contributed by atoms with E-state index < -0.39 is 0 Å². The lowest BCUT2D eigenvalue weighted by atomic mass is 10.2. The van der Waals surface area contributed by atoms with Crippen LogP contribution in [0.1, 0.15) is 12.8 Å². The molecule has 1 N–H and O–H groups in total. The number of piperazine rings is 1. The zero-order chi connectivity index (χ0) is 14.8. The van der Waals surface area contributed by atoms with Gasteiger partial charge >= 0.3 is 5.69 Å². The van der Waals surface area contributed by atoms with Gasteiger partial charge in [-0.05, 0) is 24.8 Å². The SMILES string of the molecule is CNc1ccc([N+](=O)[O-])c(N2CCN(CC3CC3)CC2)n1. The number of hydrogen-bond donors (Lipinski definition) is 1. The molecule has 0 amide bonds. The second-order valence-corrected chi connectivity index (χ2v) is 5.78. The second-order valence-electron chi connectivity index (χ2n) is 5.78. The minimum atomic E-state index is -0.349. The summed E-state index contributed by atoms with van der Waals surface area (Å²) in [5, 5.41) is 14.1. The average molecular weight is 291 g/mol. The molecular formula is C14H21N5O2. The van der Waals surface area contributed by atoms with Gasteiger partial charge in [0.05, 0.1) is 4.92 Å². The van der Waals surface area contributed by atoms with Gasteiger partial charge in [0.25, 0.3) is 0 Å². The third kappa shape index (κ3) is 3.24. The first-order chi connectivity index (χ1) is 10.2. The number of nitrogens with zero attached hydrogens (tertiary/aromatic N) is 4. The molecule has 7 heteroatoms. The van der Waals surface area contributed by atoms with Crippen LogP contribution < -0.4 is 10.2 Å². The van der Waals surface area contributed by atoms with Crippen molar-refractivity contribution in [2.75, 3.05) is 50.0 Å². The Kier molecular flexibility index (Phi) is 3.92. The Morgan fingerprint density at radius 2 is 2.05 bits per heavy atom. The predicted molar refractivity (Wildman–Crippen MR) is 81.8 cm³/mol. The third-order valence-electron chi connectivity index (χ3n) is 4.19. The summed E-state index contributed by atoms with van der Waals surface area (Å²) in [7, 11) is 1.77. The van der Waals surface area contributed by atoms with Crippen LogP contribution in [0.5, 0.6) is 0 Å². The zero-order valence-electron chi connectivity index (χ0n) is 12.3. The van der Waals surface area contributed by atoms with Gasteiger partial charge in [0, 0.05) is 45.8 Å². The number of pyridine rings is 1. The molecule has 114 valence electrons. The number of nitro groups is 1. The second kappa shape index (κ2) is 5.85. The molecule has 1 aliphatic carbocycles. The van der Waals surface area contributed by atoms with Crippen LogP contribution in [0, 0.1) is 16.0 Å². The molecule has 0 bridgehead atoms. The van der Waals surface area contributed by atoms with Gasteiger partial charge in [0.2, 0.25) is 5.82 Å². The molecule has 2 aliphatic rings. The van der Waals surface area contributed by atoms with E-state index in [0.29, 0.717) is 11.6 Å². The third-order valence-corrected chi connectivity index (χ3v) is 4.19. The predicted octanol–water partition coefficient (Wildman–Crippen LogP) is 1.56. The lowest BCUT2D eigenvalue weighted by molar-refractivity contribution is -0.384. The highest BCUT2D eigenvalue weighted by Gasteiger charge is 2.29. The summed E-state index contributed by atoms with van der Waals surface area (Å²) in [4.78, 5) is 19.7. The maximum Gasteiger partial charge on any atom is 0.311 e. The van der Waals surface area contributed by atoms with Crippen LogP contribution in [0.3, 0.4) is 0 Å². The zero-order valence-corrected chi connectivity index (χ0v) is 12.3. The number of hydrogen-bond acceptors (Lipinski definition) is 6. The Bertz CT molecular complexity index is 524. The van der Waals surface area contributed by atoms with Gasteiger partial charge in [-0.3, -0.25) is 15.0 Å². The summed E-state index contributed by atoms with van der Waals surface area (Å²) in [6.07, 6.45) is 2.72. The highest BCUT2D eigenvalue weighted by Crippen LogP contribution is 2.31. The van der Waals surface area contributed by atoms with E-state index in [0.717, 1.165) is 32.1 Å². The van der Waals surface area contributed by atoms with Crippen LogP contribution in [-0.4, -0.2) is 54.6 Å². The molecule has 0 radical (unpaired) electrons. The highest BCUT2D eigenvalue weighted by atomic mass is 16.6. The molecule has 1 saturated heterocycles. The van der Waals surface area contributed by atoms with Crippen molar-refractivity contribution >= 4 is 17.3 Å².